The Morgan fingerprint density at radius 3 is 2.44 bits per heavy atom. The summed E-state index contributed by atoms with van der Waals surface area (Å²) in [4.78, 5) is 11.1. The summed E-state index contributed by atoms with van der Waals surface area (Å²) in [5.41, 5.74) is 0. The molecule has 0 aromatic rings. The van der Waals surface area contributed by atoms with Crippen LogP contribution in [-0.4, -0.2) is 31.2 Å². The normalized spacial score (nSPS) is 17.7. The topological polar surface area (TPSA) is 41.1 Å². The fourth-order valence-electron chi connectivity index (χ4n) is 1.77. The van der Waals surface area contributed by atoms with Crippen molar-refractivity contribution in [3.63, 3.8) is 0 Å². The van der Waals surface area contributed by atoms with E-state index in [1.165, 1.54) is 0 Å². The lowest BCUT2D eigenvalue weighted by atomic mass is 10.2. The Labute approximate surface area is 92.8 Å². The minimum Gasteiger partial charge on any atom is -0.355 e. The van der Waals surface area contributed by atoms with Gasteiger partial charge in [-0.15, -0.1) is 0 Å². The van der Waals surface area contributed by atoms with Crippen molar-refractivity contribution >= 4 is 5.91 Å². The number of carbonyl (C=O) groups excluding carboxylic acids is 1. The molecular formula is C10H17F3N2O. The quantitative estimate of drug-likeness (QED) is 0.763. The van der Waals surface area contributed by atoms with Crippen LogP contribution in [0.4, 0.5) is 13.2 Å². The molecule has 1 saturated carbocycles. The van der Waals surface area contributed by atoms with E-state index in [2.05, 4.69) is 10.6 Å². The van der Waals surface area contributed by atoms with Gasteiger partial charge in [-0.3, -0.25) is 4.79 Å². The van der Waals surface area contributed by atoms with Crippen molar-refractivity contribution in [3.05, 3.63) is 0 Å². The second-order valence-corrected chi connectivity index (χ2v) is 4.08. The van der Waals surface area contributed by atoms with Gasteiger partial charge in [0, 0.05) is 12.6 Å². The molecule has 1 fully saturated rings. The average Bonchev–Trinajstić information content (AvgIpc) is 2.65. The van der Waals surface area contributed by atoms with Crippen molar-refractivity contribution < 1.29 is 18.0 Å². The van der Waals surface area contributed by atoms with Crippen LogP contribution in [-0.2, 0) is 4.79 Å². The molecule has 0 aromatic heterocycles. The number of rotatable bonds is 5. The summed E-state index contributed by atoms with van der Waals surface area (Å²) in [5.74, 6) is -0.365. The Morgan fingerprint density at radius 2 is 1.88 bits per heavy atom. The lowest BCUT2D eigenvalue weighted by Gasteiger charge is -2.12. The zero-order valence-electron chi connectivity index (χ0n) is 9.07. The highest BCUT2D eigenvalue weighted by atomic mass is 19.4. The van der Waals surface area contributed by atoms with Gasteiger partial charge in [-0.05, 0) is 12.8 Å². The Hall–Kier alpha value is -0.780. The number of nitrogens with one attached hydrogen (secondary N) is 2. The minimum atomic E-state index is -4.20. The van der Waals surface area contributed by atoms with E-state index in [9.17, 15) is 18.0 Å². The molecule has 1 rings (SSSR count). The van der Waals surface area contributed by atoms with E-state index in [1.807, 2.05) is 0 Å². The summed E-state index contributed by atoms with van der Waals surface area (Å²) >= 11 is 0. The van der Waals surface area contributed by atoms with Crippen LogP contribution >= 0.6 is 0 Å². The van der Waals surface area contributed by atoms with E-state index in [0.29, 0.717) is 6.04 Å². The van der Waals surface area contributed by atoms with Crippen molar-refractivity contribution in [2.75, 3.05) is 13.1 Å². The molecule has 0 unspecified atom stereocenters. The largest absolute Gasteiger partial charge is 0.390 e. The molecule has 0 saturated heterocycles. The van der Waals surface area contributed by atoms with Gasteiger partial charge in [0.15, 0.2) is 0 Å². The number of alkyl halides is 3. The number of amides is 1. The summed E-state index contributed by atoms with van der Waals surface area (Å²) in [6, 6.07) is 0.355. The van der Waals surface area contributed by atoms with E-state index < -0.39 is 12.6 Å². The van der Waals surface area contributed by atoms with E-state index >= 15 is 0 Å². The van der Waals surface area contributed by atoms with E-state index in [0.717, 1.165) is 25.7 Å². The van der Waals surface area contributed by atoms with Gasteiger partial charge < -0.3 is 10.6 Å². The fourth-order valence-corrected chi connectivity index (χ4v) is 1.77. The molecule has 3 nitrogen and oxygen atoms in total. The van der Waals surface area contributed by atoms with Gasteiger partial charge in [0.05, 0.1) is 13.0 Å². The minimum absolute atomic E-state index is 0.114. The van der Waals surface area contributed by atoms with Crippen LogP contribution in [0.5, 0.6) is 0 Å². The van der Waals surface area contributed by atoms with Gasteiger partial charge in [-0.2, -0.15) is 13.2 Å². The van der Waals surface area contributed by atoms with E-state index in [-0.39, 0.29) is 19.0 Å². The van der Waals surface area contributed by atoms with E-state index in [4.69, 9.17) is 0 Å². The van der Waals surface area contributed by atoms with Crippen LogP contribution in [0.15, 0.2) is 0 Å². The third-order valence-electron chi connectivity index (χ3n) is 2.64. The maximum absolute atomic E-state index is 11.8. The van der Waals surface area contributed by atoms with Crippen LogP contribution in [0.3, 0.4) is 0 Å². The van der Waals surface area contributed by atoms with Gasteiger partial charge in [0.2, 0.25) is 5.91 Å². The second-order valence-electron chi connectivity index (χ2n) is 4.08. The zero-order chi connectivity index (χ0) is 12.0. The molecule has 2 N–H and O–H groups in total. The maximum atomic E-state index is 11.8. The first kappa shape index (κ1) is 13.3. The lowest BCUT2D eigenvalue weighted by Crippen LogP contribution is -2.39. The predicted molar refractivity (Wildman–Crippen MR) is 53.9 cm³/mol. The molecule has 0 spiro atoms. The Balaban J connectivity index is 2.02. The number of hydrogen-bond acceptors (Lipinski definition) is 2. The van der Waals surface area contributed by atoms with Gasteiger partial charge in [0.25, 0.3) is 0 Å². The summed E-state index contributed by atoms with van der Waals surface area (Å²) in [6.07, 6.45) is -0.749. The molecule has 0 aromatic carbocycles. The first-order chi connectivity index (χ1) is 7.47. The summed E-state index contributed by atoms with van der Waals surface area (Å²) in [5, 5.41) is 5.28. The monoisotopic (exact) mass is 238 g/mol. The molecule has 1 amide bonds. The highest BCUT2D eigenvalue weighted by Gasteiger charge is 2.26. The van der Waals surface area contributed by atoms with Crippen molar-refractivity contribution in [3.8, 4) is 0 Å². The van der Waals surface area contributed by atoms with Gasteiger partial charge in [0.1, 0.15) is 0 Å². The number of hydrogen-bond donors (Lipinski definition) is 2. The number of carbonyl (C=O) groups is 1. The second kappa shape index (κ2) is 6.08. The molecule has 0 radical (unpaired) electrons. The summed E-state index contributed by atoms with van der Waals surface area (Å²) < 4.78 is 35.3. The van der Waals surface area contributed by atoms with Crippen LogP contribution in [0.1, 0.15) is 32.1 Å². The molecule has 1 aliphatic carbocycles. The molecule has 0 bridgehead atoms. The Kier molecular flexibility index (Phi) is 5.05. The maximum Gasteiger partial charge on any atom is 0.390 e. The van der Waals surface area contributed by atoms with Gasteiger partial charge >= 0.3 is 6.18 Å². The third-order valence-corrected chi connectivity index (χ3v) is 2.64. The molecule has 16 heavy (non-hydrogen) atoms. The predicted octanol–water partition coefficient (Wildman–Crippen LogP) is 1.59. The van der Waals surface area contributed by atoms with Crippen LogP contribution in [0.25, 0.3) is 0 Å². The lowest BCUT2D eigenvalue weighted by molar-refractivity contribution is -0.135. The molecule has 0 atom stereocenters. The van der Waals surface area contributed by atoms with Crippen LogP contribution in [0.2, 0.25) is 0 Å². The molecule has 6 heteroatoms. The van der Waals surface area contributed by atoms with Crippen molar-refractivity contribution in [2.45, 2.75) is 44.3 Å². The van der Waals surface area contributed by atoms with E-state index in [1.54, 1.807) is 0 Å². The van der Waals surface area contributed by atoms with Gasteiger partial charge in [-0.1, -0.05) is 12.8 Å². The van der Waals surface area contributed by atoms with Crippen molar-refractivity contribution in [1.29, 1.82) is 0 Å². The molecule has 0 aliphatic heterocycles. The molecular weight excluding hydrogens is 221 g/mol. The first-order valence-corrected chi connectivity index (χ1v) is 5.54. The molecule has 94 valence electrons. The number of halogens is 3. The molecule has 0 heterocycles. The summed E-state index contributed by atoms with van der Waals surface area (Å²) in [6.45, 7) is -0.225. The van der Waals surface area contributed by atoms with Crippen molar-refractivity contribution in [1.82, 2.24) is 10.6 Å². The smallest absolute Gasteiger partial charge is 0.355 e. The SMILES string of the molecule is O=C(CNC1CCCC1)NCCC(F)(F)F. The molecule has 1 aliphatic rings. The van der Waals surface area contributed by atoms with Gasteiger partial charge in [-0.25, -0.2) is 0 Å². The van der Waals surface area contributed by atoms with Crippen molar-refractivity contribution in [2.24, 2.45) is 0 Å². The fraction of sp³-hybridized carbons (Fsp3) is 0.900. The third kappa shape index (κ3) is 5.95. The zero-order valence-corrected chi connectivity index (χ0v) is 9.07. The standard InChI is InChI=1S/C10H17F3N2O/c11-10(12,13)5-6-14-9(16)7-15-8-3-1-2-4-8/h8,15H,1-7H2,(H,14,16). The Bertz CT molecular complexity index is 225. The Morgan fingerprint density at radius 1 is 1.25 bits per heavy atom. The van der Waals surface area contributed by atoms with Crippen LogP contribution < -0.4 is 10.6 Å². The summed E-state index contributed by atoms with van der Waals surface area (Å²) in [7, 11) is 0. The highest BCUT2D eigenvalue weighted by Crippen LogP contribution is 2.18. The van der Waals surface area contributed by atoms with Crippen LogP contribution in [0, 0.1) is 0 Å². The average molecular weight is 238 g/mol. The highest BCUT2D eigenvalue weighted by molar-refractivity contribution is 5.77. The first-order valence-electron chi connectivity index (χ1n) is 5.54.